The van der Waals surface area contributed by atoms with E-state index in [1.807, 2.05) is 36.4 Å². The molecule has 0 fully saturated rings. The molecule has 0 aliphatic heterocycles. The molecule has 0 bridgehead atoms. The Kier molecular flexibility index (Phi) is 3.39. The van der Waals surface area contributed by atoms with Crippen LogP contribution in [0.1, 0.15) is 10.4 Å². The van der Waals surface area contributed by atoms with Crippen molar-refractivity contribution in [3.8, 4) is 16.8 Å². The average molecular weight is 317 g/mol. The van der Waals surface area contributed by atoms with Crippen molar-refractivity contribution in [3.63, 3.8) is 0 Å². The van der Waals surface area contributed by atoms with Gasteiger partial charge in [0.05, 0.1) is 11.2 Å². The van der Waals surface area contributed by atoms with Crippen LogP contribution in [0.2, 0.25) is 0 Å². The van der Waals surface area contributed by atoms with E-state index in [9.17, 15) is 9.18 Å². The Morgan fingerprint density at radius 2 is 1.75 bits per heavy atom. The van der Waals surface area contributed by atoms with E-state index in [-0.39, 0.29) is 5.82 Å². The summed E-state index contributed by atoms with van der Waals surface area (Å²) in [7, 11) is 0. The summed E-state index contributed by atoms with van der Waals surface area (Å²) in [5, 5.41) is 8.34. The van der Waals surface area contributed by atoms with Gasteiger partial charge in [-0.15, -0.1) is 5.10 Å². The van der Waals surface area contributed by atoms with Crippen LogP contribution in [0.4, 0.5) is 4.39 Å². The molecule has 3 aromatic carbocycles. The number of fused-ring (bicyclic) bond motifs is 1. The van der Waals surface area contributed by atoms with E-state index in [4.69, 9.17) is 0 Å². The average Bonchev–Trinajstić information content (AvgIpc) is 3.05. The molecule has 0 amide bonds. The minimum atomic E-state index is -0.295. The van der Waals surface area contributed by atoms with Gasteiger partial charge in [0.15, 0.2) is 6.29 Å². The number of rotatable bonds is 3. The van der Waals surface area contributed by atoms with E-state index in [1.54, 1.807) is 22.9 Å². The minimum Gasteiger partial charge on any atom is -0.298 e. The largest absolute Gasteiger partial charge is 0.298 e. The molecule has 116 valence electrons. The maximum atomic E-state index is 13.1. The van der Waals surface area contributed by atoms with Crippen LogP contribution in [0.25, 0.3) is 27.8 Å². The number of hydrogen-bond donors (Lipinski definition) is 0. The van der Waals surface area contributed by atoms with Gasteiger partial charge in [0, 0.05) is 5.56 Å². The van der Waals surface area contributed by atoms with Crippen LogP contribution in [0.5, 0.6) is 0 Å². The number of aldehydes is 1. The van der Waals surface area contributed by atoms with Crippen molar-refractivity contribution in [1.82, 2.24) is 15.0 Å². The van der Waals surface area contributed by atoms with Crippen LogP contribution in [0.15, 0.2) is 66.7 Å². The summed E-state index contributed by atoms with van der Waals surface area (Å²) in [5.41, 5.74) is 4.64. The maximum Gasteiger partial charge on any atom is 0.150 e. The van der Waals surface area contributed by atoms with Crippen LogP contribution >= 0.6 is 0 Å². The molecule has 0 saturated carbocycles. The van der Waals surface area contributed by atoms with Gasteiger partial charge in [-0.05, 0) is 47.5 Å². The van der Waals surface area contributed by atoms with Crippen molar-refractivity contribution < 1.29 is 9.18 Å². The van der Waals surface area contributed by atoms with E-state index in [0.717, 1.165) is 28.6 Å². The number of halogens is 1. The summed E-state index contributed by atoms with van der Waals surface area (Å²) >= 11 is 0. The molecule has 0 N–H and O–H groups in total. The number of nitrogens with zero attached hydrogens (tertiary/aromatic N) is 3. The van der Waals surface area contributed by atoms with Gasteiger partial charge in [-0.1, -0.05) is 35.5 Å². The molecule has 4 rings (SSSR count). The molecular formula is C19H12FN3O. The lowest BCUT2D eigenvalue weighted by molar-refractivity contribution is 0.112. The monoisotopic (exact) mass is 317 g/mol. The number of aromatic nitrogens is 3. The first-order valence-corrected chi connectivity index (χ1v) is 7.42. The third kappa shape index (κ3) is 2.36. The third-order valence-electron chi connectivity index (χ3n) is 3.92. The summed E-state index contributed by atoms with van der Waals surface area (Å²) in [6, 6.07) is 19.2. The second kappa shape index (κ2) is 5.70. The van der Waals surface area contributed by atoms with Crippen molar-refractivity contribution >= 4 is 17.3 Å². The van der Waals surface area contributed by atoms with Gasteiger partial charge in [-0.25, -0.2) is 9.07 Å². The van der Waals surface area contributed by atoms with Crippen molar-refractivity contribution in [2.45, 2.75) is 0 Å². The fraction of sp³-hybridized carbons (Fsp3) is 0. The second-order valence-corrected chi connectivity index (χ2v) is 5.39. The van der Waals surface area contributed by atoms with Crippen LogP contribution in [-0.4, -0.2) is 21.3 Å². The molecule has 0 atom stereocenters. The zero-order chi connectivity index (χ0) is 16.5. The smallest absolute Gasteiger partial charge is 0.150 e. The highest BCUT2D eigenvalue weighted by atomic mass is 19.1. The molecule has 5 heteroatoms. The van der Waals surface area contributed by atoms with Crippen molar-refractivity contribution in [2.75, 3.05) is 0 Å². The molecule has 0 aliphatic rings. The summed E-state index contributed by atoms with van der Waals surface area (Å²) < 4.78 is 14.7. The quantitative estimate of drug-likeness (QED) is 0.536. The van der Waals surface area contributed by atoms with Gasteiger partial charge in [-0.2, -0.15) is 0 Å². The Labute approximate surface area is 137 Å². The van der Waals surface area contributed by atoms with Crippen LogP contribution in [-0.2, 0) is 0 Å². The first kappa shape index (κ1) is 14.3. The van der Waals surface area contributed by atoms with Crippen molar-refractivity contribution in [2.24, 2.45) is 0 Å². The van der Waals surface area contributed by atoms with Crippen LogP contribution in [0, 0.1) is 5.82 Å². The third-order valence-corrected chi connectivity index (χ3v) is 3.92. The zero-order valence-corrected chi connectivity index (χ0v) is 12.6. The Bertz CT molecular complexity index is 1040. The summed E-state index contributed by atoms with van der Waals surface area (Å²) in [6.07, 6.45) is 0.842. The topological polar surface area (TPSA) is 47.8 Å². The van der Waals surface area contributed by atoms with Gasteiger partial charge in [0.25, 0.3) is 0 Å². The molecule has 4 nitrogen and oxygen atoms in total. The predicted molar refractivity (Wildman–Crippen MR) is 89.6 cm³/mol. The number of carbonyl (C=O) groups excluding carboxylic acids is 1. The normalized spacial score (nSPS) is 10.9. The Hall–Kier alpha value is -3.34. The Morgan fingerprint density at radius 3 is 2.54 bits per heavy atom. The second-order valence-electron chi connectivity index (χ2n) is 5.39. The van der Waals surface area contributed by atoms with E-state index in [1.165, 1.54) is 12.1 Å². The van der Waals surface area contributed by atoms with E-state index >= 15 is 0 Å². The number of hydrogen-bond acceptors (Lipinski definition) is 3. The Balaban J connectivity index is 1.83. The van der Waals surface area contributed by atoms with Crippen LogP contribution in [0.3, 0.4) is 0 Å². The van der Waals surface area contributed by atoms with Gasteiger partial charge < -0.3 is 0 Å². The lowest BCUT2D eigenvalue weighted by Gasteiger charge is -2.05. The highest BCUT2D eigenvalue weighted by Gasteiger charge is 2.10. The van der Waals surface area contributed by atoms with Crippen LogP contribution < -0.4 is 0 Å². The van der Waals surface area contributed by atoms with Crippen molar-refractivity contribution in [1.29, 1.82) is 0 Å². The molecule has 0 saturated heterocycles. The maximum absolute atomic E-state index is 13.1. The van der Waals surface area contributed by atoms with Gasteiger partial charge in [0.1, 0.15) is 11.3 Å². The minimum absolute atomic E-state index is 0.295. The molecular weight excluding hydrogens is 305 g/mol. The molecule has 0 spiro atoms. The highest BCUT2D eigenvalue weighted by Crippen LogP contribution is 2.26. The lowest BCUT2D eigenvalue weighted by atomic mass is 10.00. The molecule has 4 aromatic rings. The van der Waals surface area contributed by atoms with Gasteiger partial charge in [0.2, 0.25) is 0 Å². The van der Waals surface area contributed by atoms with E-state index in [2.05, 4.69) is 10.3 Å². The molecule has 24 heavy (non-hydrogen) atoms. The van der Waals surface area contributed by atoms with Gasteiger partial charge in [-0.3, -0.25) is 4.79 Å². The van der Waals surface area contributed by atoms with E-state index < -0.39 is 0 Å². The summed E-state index contributed by atoms with van der Waals surface area (Å²) in [4.78, 5) is 11.2. The Morgan fingerprint density at radius 1 is 0.958 bits per heavy atom. The summed E-state index contributed by atoms with van der Waals surface area (Å²) in [5.74, 6) is -0.295. The molecule has 0 radical (unpaired) electrons. The first-order valence-electron chi connectivity index (χ1n) is 7.42. The number of carbonyl (C=O) groups is 1. The summed E-state index contributed by atoms with van der Waals surface area (Å²) in [6.45, 7) is 0. The molecule has 0 aliphatic carbocycles. The standard InChI is InChI=1S/C19H12FN3O/c20-15-6-8-16(9-7-15)23-19-10-5-13(11-18(19)21-22-23)17-4-2-1-3-14(17)12-24/h1-12H. The molecule has 1 aromatic heterocycles. The highest BCUT2D eigenvalue weighted by molar-refractivity contribution is 5.90. The lowest BCUT2D eigenvalue weighted by Crippen LogP contribution is -1.96. The van der Waals surface area contributed by atoms with Gasteiger partial charge >= 0.3 is 0 Å². The fourth-order valence-electron chi connectivity index (χ4n) is 2.73. The number of benzene rings is 3. The predicted octanol–water partition coefficient (Wildman–Crippen LogP) is 4.04. The fourth-order valence-corrected chi connectivity index (χ4v) is 2.73. The SMILES string of the molecule is O=Cc1ccccc1-c1ccc2c(c1)nnn2-c1ccc(F)cc1. The molecule has 1 heterocycles. The first-order chi connectivity index (χ1) is 11.8. The van der Waals surface area contributed by atoms with E-state index in [0.29, 0.717) is 11.1 Å². The molecule has 0 unspecified atom stereocenters. The van der Waals surface area contributed by atoms with Crippen molar-refractivity contribution in [3.05, 3.63) is 78.1 Å². The zero-order valence-electron chi connectivity index (χ0n) is 12.6.